The lowest BCUT2D eigenvalue weighted by atomic mass is 10.1. The minimum absolute atomic E-state index is 0.167. The zero-order chi connectivity index (χ0) is 20.0. The molecule has 1 heterocycles. The monoisotopic (exact) mass is 400 g/mol. The molecular weight excluding hydrogens is 376 g/mol. The topological polar surface area (TPSA) is 83.5 Å². The van der Waals surface area contributed by atoms with Crippen molar-refractivity contribution in [3.8, 4) is 0 Å². The minimum atomic E-state index is -3.74. The normalized spacial score (nSPS) is 15.6. The van der Waals surface area contributed by atoms with Crippen molar-refractivity contribution in [2.24, 2.45) is 0 Å². The van der Waals surface area contributed by atoms with Crippen molar-refractivity contribution in [3.05, 3.63) is 66.2 Å². The van der Waals surface area contributed by atoms with Crippen LogP contribution in [0.25, 0.3) is 0 Å². The van der Waals surface area contributed by atoms with Crippen LogP contribution in [0.2, 0.25) is 0 Å². The first-order chi connectivity index (χ1) is 13.5. The number of likely N-dealkylation sites (tertiary alicyclic amines) is 1. The molecule has 2 aromatic rings. The molecule has 1 atom stereocenters. The van der Waals surface area contributed by atoms with Crippen molar-refractivity contribution >= 4 is 21.7 Å². The lowest BCUT2D eigenvalue weighted by molar-refractivity contribution is -0.146. The van der Waals surface area contributed by atoms with Gasteiger partial charge in [0.05, 0.1) is 4.90 Å². The number of carbonyl (C=O) groups excluding carboxylic acids is 2. The summed E-state index contributed by atoms with van der Waals surface area (Å²) in [4.78, 5) is 26.4. The highest BCUT2D eigenvalue weighted by Crippen LogP contribution is 2.28. The highest BCUT2D eigenvalue weighted by Gasteiger charge is 2.31. The molecule has 1 aliphatic rings. The average molecular weight is 401 g/mol. The maximum atomic E-state index is 13.2. The predicted octanol–water partition coefficient (Wildman–Crippen LogP) is 2.33. The second kappa shape index (κ2) is 9.01. The molecule has 0 saturated carbocycles. The minimum Gasteiger partial charge on any atom is -0.346 e. The molecule has 2 amide bonds. The van der Waals surface area contributed by atoms with E-state index in [1.165, 1.54) is 17.0 Å². The van der Waals surface area contributed by atoms with E-state index in [9.17, 15) is 18.0 Å². The van der Waals surface area contributed by atoms with Gasteiger partial charge in [-0.25, -0.2) is 8.42 Å². The van der Waals surface area contributed by atoms with Gasteiger partial charge in [-0.2, -0.15) is 0 Å². The smallest absolute Gasteiger partial charge is 0.311 e. The molecular formula is C21H24N2O4S. The van der Waals surface area contributed by atoms with E-state index in [-0.39, 0.29) is 11.4 Å². The zero-order valence-corrected chi connectivity index (χ0v) is 16.4. The lowest BCUT2D eigenvalue weighted by Gasteiger charge is -2.26. The Morgan fingerprint density at radius 2 is 1.46 bits per heavy atom. The summed E-state index contributed by atoms with van der Waals surface area (Å²) >= 11 is 0. The van der Waals surface area contributed by atoms with Crippen LogP contribution in [-0.2, 0) is 19.4 Å². The summed E-state index contributed by atoms with van der Waals surface area (Å²) in [6.45, 7) is 0.965. The van der Waals surface area contributed by atoms with E-state index in [1.807, 2.05) is 0 Å². The van der Waals surface area contributed by atoms with Gasteiger partial charge >= 0.3 is 11.8 Å². The number of rotatable bonds is 5. The van der Waals surface area contributed by atoms with Gasteiger partial charge in [0, 0.05) is 19.6 Å². The van der Waals surface area contributed by atoms with Crippen LogP contribution >= 0.6 is 0 Å². The summed E-state index contributed by atoms with van der Waals surface area (Å²) < 4.78 is 26.3. The van der Waals surface area contributed by atoms with E-state index in [4.69, 9.17) is 0 Å². The van der Waals surface area contributed by atoms with Gasteiger partial charge in [-0.15, -0.1) is 0 Å². The van der Waals surface area contributed by atoms with Crippen LogP contribution in [0.5, 0.6) is 0 Å². The SMILES string of the molecule is O=C(NC[C@H](c1ccccc1)S(=O)(=O)c1ccccc1)C(=O)N1CCCCC1. The maximum absolute atomic E-state index is 13.2. The summed E-state index contributed by atoms with van der Waals surface area (Å²) in [5.74, 6) is -1.35. The van der Waals surface area contributed by atoms with E-state index in [1.54, 1.807) is 48.5 Å². The summed E-state index contributed by atoms with van der Waals surface area (Å²) in [7, 11) is -3.74. The van der Waals surface area contributed by atoms with Gasteiger partial charge in [-0.1, -0.05) is 48.5 Å². The number of nitrogens with zero attached hydrogens (tertiary/aromatic N) is 1. The van der Waals surface area contributed by atoms with Crippen LogP contribution in [0.3, 0.4) is 0 Å². The summed E-state index contributed by atoms with van der Waals surface area (Å²) in [5, 5.41) is 1.57. The molecule has 3 rings (SSSR count). The third kappa shape index (κ3) is 4.59. The van der Waals surface area contributed by atoms with E-state index in [2.05, 4.69) is 5.32 Å². The van der Waals surface area contributed by atoms with Crippen LogP contribution in [0.15, 0.2) is 65.6 Å². The Balaban J connectivity index is 1.79. The molecule has 1 saturated heterocycles. The average Bonchev–Trinajstić information content (AvgIpc) is 2.75. The highest BCUT2D eigenvalue weighted by atomic mass is 32.2. The summed E-state index contributed by atoms with van der Waals surface area (Å²) in [6, 6.07) is 16.9. The number of hydrogen-bond donors (Lipinski definition) is 1. The van der Waals surface area contributed by atoms with Gasteiger partial charge < -0.3 is 10.2 Å². The lowest BCUT2D eigenvalue weighted by Crippen LogP contribution is -2.46. The molecule has 7 heteroatoms. The number of carbonyl (C=O) groups is 2. The van der Waals surface area contributed by atoms with Crippen molar-refractivity contribution in [2.45, 2.75) is 29.4 Å². The summed E-state index contributed by atoms with van der Waals surface area (Å²) in [5.41, 5.74) is 0.567. The first-order valence-electron chi connectivity index (χ1n) is 9.41. The van der Waals surface area contributed by atoms with E-state index < -0.39 is 26.9 Å². The van der Waals surface area contributed by atoms with Gasteiger partial charge in [0.1, 0.15) is 5.25 Å². The molecule has 28 heavy (non-hydrogen) atoms. The van der Waals surface area contributed by atoms with Crippen molar-refractivity contribution in [2.75, 3.05) is 19.6 Å². The molecule has 1 fully saturated rings. The highest BCUT2D eigenvalue weighted by molar-refractivity contribution is 7.91. The van der Waals surface area contributed by atoms with Crippen LogP contribution in [-0.4, -0.2) is 44.8 Å². The Kier molecular flexibility index (Phi) is 6.46. The van der Waals surface area contributed by atoms with Crippen LogP contribution in [0.4, 0.5) is 0 Å². The fraction of sp³-hybridized carbons (Fsp3) is 0.333. The summed E-state index contributed by atoms with van der Waals surface area (Å²) in [6.07, 6.45) is 2.82. The third-order valence-corrected chi connectivity index (χ3v) is 7.02. The van der Waals surface area contributed by atoms with E-state index in [0.717, 1.165) is 19.3 Å². The fourth-order valence-electron chi connectivity index (χ4n) is 3.35. The second-order valence-corrected chi connectivity index (χ2v) is 8.95. The van der Waals surface area contributed by atoms with Gasteiger partial charge in [-0.05, 0) is 37.0 Å². The molecule has 0 bridgehead atoms. The van der Waals surface area contributed by atoms with Gasteiger partial charge in [0.15, 0.2) is 9.84 Å². The van der Waals surface area contributed by atoms with Gasteiger partial charge in [0.25, 0.3) is 0 Å². The second-order valence-electron chi connectivity index (χ2n) is 6.82. The first kappa shape index (κ1) is 20.1. The third-order valence-electron chi connectivity index (χ3n) is 4.90. The Morgan fingerprint density at radius 1 is 0.893 bits per heavy atom. The Bertz CT molecular complexity index is 908. The van der Waals surface area contributed by atoms with E-state index in [0.29, 0.717) is 18.7 Å². The molecule has 2 aromatic carbocycles. The van der Waals surface area contributed by atoms with Crippen molar-refractivity contribution in [1.29, 1.82) is 0 Å². The molecule has 0 unspecified atom stereocenters. The molecule has 0 radical (unpaired) electrons. The van der Waals surface area contributed by atoms with E-state index >= 15 is 0 Å². The van der Waals surface area contributed by atoms with Crippen molar-refractivity contribution < 1.29 is 18.0 Å². The molecule has 1 N–H and O–H groups in total. The Morgan fingerprint density at radius 3 is 2.07 bits per heavy atom. The largest absolute Gasteiger partial charge is 0.346 e. The van der Waals surface area contributed by atoms with Crippen molar-refractivity contribution in [3.63, 3.8) is 0 Å². The number of nitrogens with one attached hydrogen (secondary N) is 1. The molecule has 148 valence electrons. The standard InChI is InChI=1S/C21H24N2O4S/c24-20(21(25)23-14-8-3-9-15-23)22-16-19(17-10-4-1-5-11-17)28(26,27)18-12-6-2-7-13-18/h1-2,4-7,10-13,19H,3,8-9,14-16H2,(H,22,24)/t19-/m1/s1. The quantitative estimate of drug-likeness (QED) is 0.781. The fourth-order valence-corrected chi connectivity index (χ4v) is 5.03. The van der Waals surface area contributed by atoms with Crippen molar-refractivity contribution in [1.82, 2.24) is 10.2 Å². The first-order valence-corrected chi connectivity index (χ1v) is 11.0. The maximum Gasteiger partial charge on any atom is 0.311 e. The number of hydrogen-bond acceptors (Lipinski definition) is 4. The molecule has 6 nitrogen and oxygen atoms in total. The number of amides is 2. The molecule has 1 aliphatic heterocycles. The molecule has 0 spiro atoms. The molecule has 0 aromatic heterocycles. The van der Waals surface area contributed by atoms with Crippen LogP contribution < -0.4 is 5.32 Å². The number of piperidine rings is 1. The Hall–Kier alpha value is -2.67. The van der Waals surface area contributed by atoms with Crippen LogP contribution in [0, 0.1) is 0 Å². The zero-order valence-electron chi connectivity index (χ0n) is 15.6. The number of benzene rings is 2. The van der Waals surface area contributed by atoms with Gasteiger partial charge in [-0.3, -0.25) is 9.59 Å². The predicted molar refractivity (Wildman–Crippen MR) is 106 cm³/mol. The van der Waals surface area contributed by atoms with Gasteiger partial charge in [0.2, 0.25) is 0 Å². The molecule has 0 aliphatic carbocycles. The van der Waals surface area contributed by atoms with Crippen LogP contribution in [0.1, 0.15) is 30.1 Å². The number of sulfone groups is 1. The Labute approximate surface area is 165 Å².